The van der Waals surface area contributed by atoms with Crippen LogP contribution in [0.3, 0.4) is 0 Å². The largest absolute Gasteiger partial charge is 0.454 e. The Morgan fingerprint density at radius 2 is 1.84 bits per heavy atom. The van der Waals surface area contributed by atoms with Crippen molar-refractivity contribution in [1.82, 2.24) is 14.5 Å². The Kier molecular flexibility index (Phi) is 4.06. The minimum atomic E-state index is -0.554. The fraction of sp³-hybridized carbons (Fsp3) is 0.0417. The number of ether oxygens (including phenoxy) is 2. The summed E-state index contributed by atoms with van der Waals surface area (Å²) in [5, 5.41) is 2.43. The van der Waals surface area contributed by atoms with Gasteiger partial charge in [0.1, 0.15) is 0 Å². The predicted octanol–water partition coefficient (Wildman–Crippen LogP) is 4.28. The van der Waals surface area contributed by atoms with E-state index in [-0.39, 0.29) is 6.79 Å². The maximum absolute atomic E-state index is 13.3. The molecule has 156 valence electrons. The molecule has 32 heavy (non-hydrogen) atoms. The lowest BCUT2D eigenvalue weighted by atomic mass is 10.0. The van der Waals surface area contributed by atoms with Gasteiger partial charge >= 0.3 is 5.69 Å². The third kappa shape index (κ3) is 2.72. The number of hydrogen-bond acceptors (Lipinski definition) is 5. The first-order valence-corrected chi connectivity index (χ1v) is 10.2. The highest BCUT2D eigenvalue weighted by Gasteiger charge is 2.22. The minimum Gasteiger partial charge on any atom is -0.454 e. The molecule has 5 aromatic rings. The van der Waals surface area contributed by atoms with Crippen molar-refractivity contribution in [1.29, 1.82) is 0 Å². The fourth-order valence-electron chi connectivity index (χ4n) is 4.09. The quantitative estimate of drug-likeness (QED) is 0.440. The van der Waals surface area contributed by atoms with Gasteiger partial charge < -0.3 is 14.5 Å². The molecule has 0 saturated carbocycles. The van der Waals surface area contributed by atoms with Crippen LogP contribution >= 0.6 is 11.6 Å². The highest BCUT2D eigenvalue weighted by molar-refractivity contribution is 6.34. The van der Waals surface area contributed by atoms with E-state index in [1.165, 1.54) is 6.20 Å². The predicted molar refractivity (Wildman–Crippen MR) is 122 cm³/mol. The van der Waals surface area contributed by atoms with Crippen molar-refractivity contribution in [2.24, 2.45) is 0 Å². The first-order chi connectivity index (χ1) is 15.6. The molecule has 0 bridgehead atoms. The maximum atomic E-state index is 13.3. The number of hydrogen-bond donors (Lipinski definition) is 1. The van der Waals surface area contributed by atoms with Gasteiger partial charge in [0.15, 0.2) is 11.5 Å². The van der Waals surface area contributed by atoms with Gasteiger partial charge in [-0.3, -0.25) is 9.78 Å². The molecule has 0 radical (unpaired) electrons. The molecule has 8 heteroatoms. The third-order valence-corrected chi connectivity index (χ3v) is 5.88. The van der Waals surface area contributed by atoms with Gasteiger partial charge in [-0.05, 0) is 29.8 Å². The molecular weight excluding hydrogens is 430 g/mol. The van der Waals surface area contributed by atoms with Crippen LogP contribution in [0, 0.1) is 0 Å². The standard InChI is InChI=1S/C24H14ClN3O4/c25-17-7-8-20-22(32-12-31-20)21(17)13-5-6-16-18(9-13)27-24(30)28(23(16)29)19-11-26-10-14-3-1-2-4-15(14)19/h1-11H,12H2,(H,27,30). The molecule has 1 aliphatic rings. The fourth-order valence-corrected chi connectivity index (χ4v) is 4.35. The first-order valence-electron chi connectivity index (χ1n) is 9.82. The molecule has 3 aromatic carbocycles. The van der Waals surface area contributed by atoms with Crippen molar-refractivity contribution >= 4 is 33.3 Å². The van der Waals surface area contributed by atoms with Gasteiger partial charge in [-0.15, -0.1) is 0 Å². The van der Waals surface area contributed by atoms with E-state index in [9.17, 15) is 9.59 Å². The highest BCUT2D eigenvalue weighted by Crippen LogP contribution is 2.45. The zero-order valence-electron chi connectivity index (χ0n) is 16.5. The summed E-state index contributed by atoms with van der Waals surface area (Å²) < 4.78 is 12.1. The molecule has 0 spiro atoms. The molecule has 0 unspecified atom stereocenters. The molecule has 2 aromatic heterocycles. The molecule has 1 N–H and O–H groups in total. The Hall–Kier alpha value is -4.10. The lowest BCUT2D eigenvalue weighted by Gasteiger charge is -2.11. The number of halogens is 1. The van der Waals surface area contributed by atoms with Crippen LogP contribution in [0.5, 0.6) is 11.5 Å². The van der Waals surface area contributed by atoms with Crippen molar-refractivity contribution in [2.45, 2.75) is 0 Å². The van der Waals surface area contributed by atoms with E-state index in [1.807, 2.05) is 24.3 Å². The smallest absolute Gasteiger partial charge is 0.333 e. The van der Waals surface area contributed by atoms with E-state index in [4.69, 9.17) is 21.1 Å². The minimum absolute atomic E-state index is 0.108. The first kappa shape index (κ1) is 18.7. The Morgan fingerprint density at radius 3 is 2.75 bits per heavy atom. The van der Waals surface area contributed by atoms with Gasteiger partial charge in [-0.25, -0.2) is 9.36 Å². The van der Waals surface area contributed by atoms with Crippen molar-refractivity contribution in [2.75, 3.05) is 6.79 Å². The number of aromatic nitrogens is 3. The molecule has 0 saturated heterocycles. The van der Waals surface area contributed by atoms with Crippen LogP contribution in [0.25, 0.3) is 38.5 Å². The lowest BCUT2D eigenvalue weighted by molar-refractivity contribution is 0.174. The van der Waals surface area contributed by atoms with E-state index in [0.29, 0.717) is 44.2 Å². The number of H-pyrrole nitrogens is 1. The van der Waals surface area contributed by atoms with Gasteiger partial charge in [-0.1, -0.05) is 41.9 Å². The summed E-state index contributed by atoms with van der Waals surface area (Å²) in [6.45, 7) is 0.108. The number of nitrogens with zero attached hydrogens (tertiary/aromatic N) is 2. The van der Waals surface area contributed by atoms with Crippen LogP contribution in [0.2, 0.25) is 5.02 Å². The van der Waals surface area contributed by atoms with E-state index in [0.717, 1.165) is 15.3 Å². The van der Waals surface area contributed by atoms with Crippen LogP contribution in [0.4, 0.5) is 0 Å². The Bertz CT molecular complexity index is 1670. The molecule has 7 nitrogen and oxygen atoms in total. The number of fused-ring (bicyclic) bond motifs is 3. The maximum Gasteiger partial charge on any atom is 0.333 e. The number of rotatable bonds is 2. The molecule has 0 atom stereocenters. The van der Waals surface area contributed by atoms with E-state index >= 15 is 0 Å². The summed E-state index contributed by atoms with van der Waals surface area (Å²) in [5.41, 5.74) is 1.18. The number of pyridine rings is 1. The lowest BCUT2D eigenvalue weighted by Crippen LogP contribution is -2.33. The second kappa shape index (κ2) is 6.96. The molecule has 0 amide bonds. The van der Waals surface area contributed by atoms with Crippen LogP contribution < -0.4 is 20.7 Å². The zero-order valence-corrected chi connectivity index (χ0v) is 17.2. The van der Waals surface area contributed by atoms with E-state index < -0.39 is 11.2 Å². The van der Waals surface area contributed by atoms with Gasteiger partial charge in [-0.2, -0.15) is 0 Å². The zero-order chi connectivity index (χ0) is 21.8. The second-order valence-corrected chi connectivity index (χ2v) is 7.77. The van der Waals surface area contributed by atoms with Crippen molar-refractivity contribution in [3.05, 3.63) is 92.9 Å². The number of benzene rings is 3. The summed E-state index contributed by atoms with van der Waals surface area (Å²) >= 11 is 6.44. The molecule has 0 aliphatic carbocycles. The van der Waals surface area contributed by atoms with Gasteiger partial charge in [0, 0.05) is 22.5 Å². The Balaban J connectivity index is 1.59. The summed E-state index contributed by atoms with van der Waals surface area (Å²) in [6.07, 6.45) is 3.21. The summed E-state index contributed by atoms with van der Waals surface area (Å²) in [4.78, 5) is 33.4. The highest BCUT2D eigenvalue weighted by atomic mass is 35.5. The van der Waals surface area contributed by atoms with Gasteiger partial charge in [0.05, 0.1) is 27.8 Å². The van der Waals surface area contributed by atoms with Crippen LogP contribution in [-0.2, 0) is 0 Å². The average Bonchev–Trinajstić information content (AvgIpc) is 3.27. The third-order valence-electron chi connectivity index (χ3n) is 5.56. The van der Waals surface area contributed by atoms with Crippen molar-refractivity contribution < 1.29 is 9.47 Å². The topological polar surface area (TPSA) is 86.2 Å². The van der Waals surface area contributed by atoms with Crippen molar-refractivity contribution in [3.63, 3.8) is 0 Å². The van der Waals surface area contributed by atoms with E-state index in [1.54, 1.807) is 36.5 Å². The molecular formula is C24H14ClN3O4. The average molecular weight is 444 g/mol. The van der Waals surface area contributed by atoms with Crippen LogP contribution in [-0.4, -0.2) is 21.3 Å². The number of aromatic amines is 1. The monoisotopic (exact) mass is 443 g/mol. The Morgan fingerprint density at radius 1 is 0.969 bits per heavy atom. The van der Waals surface area contributed by atoms with Crippen molar-refractivity contribution in [3.8, 4) is 28.3 Å². The molecule has 1 aliphatic heterocycles. The SMILES string of the molecule is O=c1[nH]c2cc(-c3c(Cl)ccc4c3OCO4)ccc2c(=O)n1-c1cncc2ccccc12. The van der Waals surface area contributed by atoms with Crippen LogP contribution in [0.15, 0.2) is 76.6 Å². The normalized spacial score (nSPS) is 12.5. The molecule has 0 fully saturated rings. The van der Waals surface area contributed by atoms with Gasteiger partial charge in [0.25, 0.3) is 5.56 Å². The van der Waals surface area contributed by atoms with Gasteiger partial charge in [0.2, 0.25) is 6.79 Å². The summed E-state index contributed by atoms with van der Waals surface area (Å²) in [6, 6.07) is 16.1. The number of nitrogens with one attached hydrogen (secondary N) is 1. The van der Waals surface area contributed by atoms with E-state index in [2.05, 4.69) is 9.97 Å². The van der Waals surface area contributed by atoms with Crippen LogP contribution in [0.1, 0.15) is 0 Å². The second-order valence-electron chi connectivity index (χ2n) is 7.37. The summed E-state index contributed by atoms with van der Waals surface area (Å²) in [7, 11) is 0. The summed E-state index contributed by atoms with van der Waals surface area (Å²) in [5.74, 6) is 1.13. The molecule has 6 rings (SSSR count). The Labute approximate surface area is 185 Å². The molecule has 3 heterocycles.